The molecule has 2 aromatic carbocycles. The van der Waals surface area contributed by atoms with E-state index in [1.54, 1.807) is 18.2 Å². The zero-order valence-corrected chi connectivity index (χ0v) is 16.5. The van der Waals surface area contributed by atoms with Crippen LogP contribution in [0.5, 0.6) is 17.2 Å². The molecule has 0 spiro atoms. The first kappa shape index (κ1) is 21.9. The lowest BCUT2D eigenvalue weighted by Gasteiger charge is -2.26. The molecular formula is C22H26ClNO4. The van der Waals surface area contributed by atoms with Gasteiger partial charge in [-0.15, -0.1) is 18.8 Å². The zero-order valence-electron chi connectivity index (χ0n) is 15.6. The second-order valence-corrected chi connectivity index (χ2v) is 6.71. The summed E-state index contributed by atoms with van der Waals surface area (Å²) in [4.78, 5) is 0. The van der Waals surface area contributed by atoms with E-state index in [9.17, 15) is 10.2 Å². The van der Waals surface area contributed by atoms with E-state index >= 15 is 0 Å². The molecule has 2 aromatic rings. The van der Waals surface area contributed by atoms with Gasteiger partial charge in [-0.3, -0.25) is 0 Å². The third-order valence-corrected chi connectivity index (χ3v) is 4.65. The molecule has 2 unspecified atom stereocenters. The van der Waals surface area contributed by atoms with Crippen LogP contribution >= 0.6 is 12.4 Å². The van der Waals surface area contributed by atoms with E-state index < -0.39 is 6.10 Å². The number of terminal acetylenes is 1. The van der Waals surface area contributed by atoms with Crippen LogP contribution in [-0.2, 0) is 12.8 Å². The predicted molar refractivity (Wildman–Crippen MR) is 111 cm³/mol. The molecule has 28 heavy (non-hydrogen) atoms. The number of aliphatic hydroxyl groups excluding tert-OH is 1. The summed E-state index contributed by atoms with van der Waals surface area (Å²) in [7, 11) is 0. The van der Waals surface area contributed by atoms with Crippen LogP contribution in [0, 0.1) is 12.3 Å². The van der Waals surface area contributed by atoms with Crippen molar-refractivity contribution in [2.75, 3.05) is 19.8 Å². The number of para-hydroxylation sites is 2. The Morgan fingerprint density at radius 3 is 2.64 bits per heavy atom. The van der Waals surface area contributed by atoms with Crippen LogP contribution in [-0.4, -0.2) is 42.1 Å². The number of hydrogen-bond donors (Lipinski definition) is 3. The van der Waals surface area contributed by atoms with Gasteiger partial charge in [0, 0.05) is 12.6 Å². The van der Waals surface area contributed by atoms with Crippen LogP contribution in [0.1, 0.15) is 17.5 Å². The van der Waals surface area contributed by atoms with Crippen LogP contribution in [0.25, 0.3) is 0 Å². The number of hydrogen-bond acceptors (Lipinski definition) is 5. The van der Waals surface area contributed by atoms with Gasteiger partial charge in [-0.05, 0) is 54.7 Å². The molecule has 2 atom stereocenters. The van der Waals surface area contributed by atoms with Gasteiger partial charge in [0.1, 0.15) is 25.1 Å². The molecule has 0 radical (unpaired) electrons. The van der Waals surface area contributed by atoms with Crippen LogP contribution in [0.3, 0.4) is 0 Å². The van der Waals surface area contributed by atoms with Gasteiger partial charge in [0.25, 0.3) is 0 Å². The monoisotopic (exact) mass is 403 g/mol. The first-order valence-corrected chi connectivity index (χ1v) is 9.16. The number of aliphatic hydroxyl groups is 1. The first-order valence-electron chi connectivity index (χ1n) is 9.16. The molecule has 0 saturated heterocycles. The minimum absolute atomic E-state index is 0. The highest BCUT2D eigenvalue weighted by molar-refractivity contribution is 5.85. The van der Waals surface area contributed by atoms with Crippen molar-refractivity contribution in [2.45, 2.75) is 31.4 Å². The van der Waals surface area contributed by atoms with Crippen LogP contribution in [0.15, 0.2) is 42.5 Å². The van der Waals surface area contributed by atoms with Gasteiger partial charge in [-0.25, -0.2) is 0 Å². The number of aromatic hydroxyl groups is 1. The normalized spacial score (nSPS) is 16.2. The molecule has 1 aliphatic rings. The fourth-order valence-corrected chi connectivity index (χ4v) is 3.27. The highest BCUT2D eigenvalue weighted by Crippen LogP contribution is 2.27. The zero-order chi connectivity index (χ0) is 19.1. The maximum atomic E-state index is 10.2. The van der Waals surface area contributed by atoms with Gasteiger partial charge in [0.2, 0.25) is 0 Å². The molecule has 1 aliphatic carbocycles. The van der Waals surface area contributed by atoms with Gasteiger partial charge < -0.3 is 25.0 Å². The number of phenols is 1. The molecule has 0 amide bonds. The van der Waals surface area contributed by atoms with Crippen molar-refractivity contribution in [3.8, 4) is 29.6 Å². The van der Waals surface area contributed by atoms with E-state index in [0.717, 1.165) is 19.3 Å². The quantitative estimate of drug-likeness (QED) is 0.591. The third-order valence-electron chi connectivity index (χ3n) is 4.65. The fourth-order valence-electron chi connectivity index (χ4n) is 3.27. The number of halogens is 1. The SMILES string of the molecule is C#CCOc1ccccc1OCC(O)CNC1CCc2cc(O)ccc2C1.Cl. The van der Waals surface area contributed by atoms with Crippen molar-refractivity contribution in [2.24, 2.45) is 0 Å². The Morgan fingerprint density at radius 2 is 1.89 bits per heavy atom. The molecule has 0 aromatic heterocycles. The van der Waals surface area contributed by atoms with Crippen molar-refractivity contribution >= 4 is 12.4 Å². The largest absolute Gasteiger partial charge is 0.508 e. The number of fused-ring (bicyclic) bond motifs is 1. The van der Waals surface area contributed by atoms with Crippen molar-refractivity contribution in [3.05, 3.63) is 53.6 Å². The van der Waals surface area contributed by atoms with Gasteiger partial charge in [-0.2, -0.15) is 0 Å². The Hall–Kier alpha value is -2.39. The summed E-state index contributed by atoms with van der Waals surface area (Å²) in [5, 5.41) is 23.2. The molecule has 150 valence electrons. The van der Waals surface area contributed by atoms with Crippen LogP contribution in [0.4, 0.5) is 0 Å². The van der Waals surface area contributed by atoms with Crippen molar-refractivity contribution < 1.29 is 19.7 Å². The second kappa shape index (κ2) is 10.8. The topological polar surface area (TPSA) is 71.0 Å². The Labute approximate surface area is 172 Å². The standard InChI is InChI=1S/C22H25NO4.ClH/c1-2-11-26-21-5-3-4-6-22(21)27-15-20(25)14-23-18-9-7-17-13-19(24)10-8-16(17)12-18;/h1,3-6,8,10,13,18,20,23-25H,7,9,11-12,14-15H2;1H. The minimum Gasteiger partial charge on any atom is -0.508 e. The van der Waals surface area contributed by atoms with Crippen LogP contribution < -0.4 is 14.8 Å². The Kier molecular flexibility index (Phi) is 8.46. The molecule has 0 saturated carbocycles. The highest BCUT2D eigenvalue weighted by Gasteiger charge is 2.19. The van der Waals surface area contributed by atoms with E-state index in [4.69, 9.17) is 15.9 Å². The molecule has 0 bridgehead atoms. The Balaban J connectivity index is 0.00000280. The number of rotatable bonds is 8. The maximum absolute atomic E-state index is 10.2. The molecule has 0 aliphatic heterocycles. The number of aryl methyl sites for hydroxylation is 1. The van der Waals surface area contributed by atoms with Gasteiger partial charge in [0.15, 0.2) is 11.5 Å². The molecule has 0 heterocycles. The van der Waals surface area contributed by atoms with Crippen LogP contribution in [0.2, 0.25) is 0 Å². The van der Waals surface area contributed by atoms with Gasteiger partial charge >= 0.3 is 0 Å². The molecule has 0 fully saturated rings. The van der Waals surface area contributed by atoms with Gasteiger partial charge in [0.05, 0.1) is 0 Å². The molecule has 3 rings (SSSR count). The molecule has 6 heteroatoms. The molecular weight excluding hydrogens is 378 g/mol. The Bertz CT molecular complexity index is 805. The summed E-state index contributed by atoms with van der Waals surface area (Å²) in [5.41, 5.74) is 2.46. The van der Waals surface area contributed by atoms with Crippen molar-refractivity contribution in [1.82, 2.24) is 5.32 Å². The van der Waals surface area contributed by atoms with E-state index in [-0.39, 0.29) is 25.6 Å². The van der Waals surface area contributed by atoms with Crippen molar-refractivity contribution in [1.29, 1.82) is 0 Å². The summed E-state index contributed by atoms with van der Waals surface area (Å²) >= 11 is 0. The fraction of sp³-hybridized carbons (Fsp3) is 0.364. The number of benzene rings is 2. The van der Waals surface area contributed by atoms with Gasteiger partial charge in [-0.1, -0.05) is 24.1 Å². The summed E-state index contributed by atoms with van der Waals surface area (Å²) in [6.45, 7) is 0.789. The number of nitrogens with one attached hydrogen (secondary N) is 1. The van der Waals surface area contributed by atoms with E-state index in [1.807, 2.05) is 24.3 Å². The predicted octanol–water partition coefficient (Wildman–Crippen LogP) is 2.71. The molecule has 5 nitrogen and oxygen atoms in total. The average molecular weight is 404 g/mol. The first-order chi connectivity index (χ1) is 13.2. The summed E-state index contributed by atoms with van der Waals surface area (Å²) in [5.74, 6) is 3.88. The second-order valence-electron chi connectivity index (χ2n) is 6.71. The number of ether oxygens (including phenoxy) is 2. The lowest BCUT2D eigenvalue weighted by Crippen LogP contribution is -2.40. The number of phenolic OH excluding ortho intramolecular Hbond substituents is 1. The average Bonchev–Trinajstić information content (AvgIpc) is 2.69. The summed E-state index contributed by atoms with van der Waals surface area (Å²) in [6.07, 6.45) is 7.39. The van der Waals surface area contributed by atoms with E-state index in [2.05, 4.69) is 11.2 Å². The maximum Gasteiger partial charge on any atom is 0.162 e. The third kappa shape index (κ3) is 6.07. The Morgan fingerprint density at radius 1 is 1.14 bits per heavy atom. The lowest BCUT2D eigenvalue weighted by molar-refractivity contribution is 0.101. The minimum atomic E-state index is -0.632. The molecule has 3 N–H and O–H groups in total. The van der Waals surface area contributed by atoms with E-state index in [0.29, 0.717) is 29.8 Å². The summed E-state index contributed by atoms with van der Waals surface area (Å²) < 4.78 is 11.1. The van der Waals surface area contributed by atoms with E-state index in [1.165, 1.54) is 11.1 Å². The lowest BCUT2D eigenvalue weighted by atomic mass is 9.88. The highest BCUT2D eigenvalue weighted by atomic mass is 35.5. The van der Waals surface area contributed by atoms with Crippen molar-refractivity contribution in [3.63, 3.8) is 0 Å². The summed E-state index contributed by atoms with van der Waals surface area (Å²) in [6, 6.07) is 13.1. The smallest absolute Gasteiger partial charge is 0.162 e.